The van der Waals surface area contributed by atoms with Gasteiger partial charge in [-0.05, 0) is 35.4 Å². The summed E-state index contributed by atoms with van der Waals surface area (Å²) in [4.78, 5) is 25.1. The lowest BCUT2D eigenvalue weighted by Crippen LogP contribution is -2.33. The van der Waals surface area contributed by atoms with Crippen molar-refractivity contribution in [3.8, 4) is 11.1 Å². The van der Waals surface area contributed by atoms with E-state index in [1.54, 1.807) is 30.5 Å². The minimum Gasteiger partial charge on any atom is -0.468 e. The number of halogens is 2. The number of esters is 2. The number of rotatable bonds is 6. The highest BCUT2D eigenvalue weighted by atomic mass is 35.5. The van der Waals surface area contributed by atoms with Crippen LogP contribution in [0.15, 0.2) is 54.7 Å². The van der Waals surface area contributed by atoms with E-state index in [-0.39, 0.29) is 0 Å². The molecule has 0 spiro atoms. The average Bonchev–Trinajstić information content (AvgIpc) is 3.21. The average molecular weight is 417 g/mol. The molecule has 3 rings (SSSR count). The Hall–Kier alpha value is -3.19. The van der Waals surface area contributed by atoms with Gasteiger partial charge >= 0.3 is 11.9 Å². The number of hydrogen-bond donors (Lipinski definition) is 1. The Labute approximate surface area is 171 Å². The maximum Gasteiger partial charge on any atom is 0.321 e. The molecule has 0 fully saturated rings. The fourth-order valence-corrected chi connectivity index (χ4v) is 3.32. The highest BCUT2D eigenvalue weighted by Gasteiger charge is 2.41. The molecule has 1 aromatic heterocycles. The van der Waals surface area contributed by atoms with Gasteiger partial charge in [-0.1, -0.05) is 35.9 Å². The van der Waals surface area contributed by atoms with Crippen LogP contribution in [0, 0.1) is 11.7 Å². The molecule has 1 atom stereocenters. The standard InChI is InChI=1S/C21H18ClFN2O4/c1-28-20(26)18(21(27)29-2)17(13-5-9-15(23)10-6-13)19-16(11-24-25-19)12-3-7-14(22)8-4-12/h3-11,17-18H,1-2H3,(H,24,25). The van der Waals surface area contributed by atoms with Gasteiger partial charge in [0.15, 0.2) is 5.92 Å². The molecule has 0 radical (unpaired) electrons. The first-order valence-corrected chi connectivity index (χ1v) is 9.04. The monoisotopic (exact) mass is 416 g/mol. The molecule has 0 bridgehead atoms. The van der Waals surface area contributed by atoms with Gasteiger partial charge in [-0.15, -0.1) is 0 Å². The van der Waals surface area contributed by atoms with Gasteiger partial charge in [0.2, 0.25) is 0 Å². The Kier molecular flexibility index (Phi) is 6.29. The van der Waals surface area contributed by atoms with Gasteiger partial charge < -0.3 is 9.47 Å². The molecular weight excluding hydrogens is 399 g/mol. The van der Waals surface area contributed by atoms with Crippen molar-refractivity contribution in [2.75, 3.05) is 14.2 Å². The highest BCUT2D eigenvalue weighted by Crippen LogP contribution is 2.38. The molecule has 0 aliphatic heterocycles. The molecule has 8 heteroatoms. The molecule has 6 nitrogen and oxygen atoms in total. The Balaban J connectivity index is 2.20. The number of nitrogens with one attached hydrogen (secondary N) is 1. The molecule has 1 N–H and O–H groups in total. The zero-order valence-corrected chi connectivity index (χ0v) is 16.4. The molecule has 1 heterocycles. The summed E-state index contributed by atoms with van der Waals surface area (Å²) in [5.41, 5.74) is 2.36. The fourth-order valence-electron chi connectivity index (χ4n) is 3.20. The molecule has 3 aromatic rings. The smallest absolute Gasteiger partial charge is 0.321 e. The van der Waals surface area contributed by atoms with E-state index in [1.165, 1.54) is 38.5 Å². The van der Waals surface area contributed by atoms with Crippen LogP contribution in [-0.2, 0) is 19.1 Å². The largest absolute Gasteiger partial charge is 0.468 e. The predicted octanol–water partition coefficient (Wildman–Crippen LogP) is 3.96. The van der Waals surface area contributed by atoms with Crippen molar-refractivity contribution in [3.05, 3.63) is 76.8 Å². The summed E-state index contributed by atoms with van der Waals surface area (Å²) in [5.74, 6) is -4.20. The third kappa shape index (κ3) is 4.30. The van der Waals surface area contributed by atoms with E-state index in [2.05, 4.69) is 10.2 Å². The van der Waals surface area contributed by atoms with E-state index >= 15 is 0 Å². The molecule has 2 aromatic carbocycles. The summed E-state index contributed by atoms with van der Waals surface area (Å²) in [5, 5.41) is 7.65. The zero-order valence-electron chi connectivity index (χ0n) is 15.7. The Morgan fingerprint density at radius 1 is 1.00 bits per heavy atom. The number of carbonyl (C=O) groups excluding carboxylic acids is 2. The van der Waals surface area contributed by atoms with Crippen LogP contribution in [0.1, 0.15) is 17.2 Å². The van der Waals surface area contributed by atoms with Gasteiger partial charge in [-0.3, -0.25) is 14.7 Å². The third-order valence-electron chi connectivity index (χ3n) is 4.59. The molecule has 0 aliphatic rings. The molecule has 0 aliphatic carbocycles. The maximum atomic E-state index is 13.5. The minimum absolute atomic E-state index is 0.416. The number of aromatic nitrogens is 2. The molecule has 1 unspecified atom stereocenters. The fraction of sp³-hybridized carbons (Fsp3) is 0.190. The number of carbonyl (C=O) groups is 2. The molecular formula is C21H18ClFN2O4. The summed E-state index contributed by atoms with van der Waals surface area (Å²) in [6.07, 6.45) is 1.65. The molecule has 0 saturated carbocycles. The van der Waals surface area contributed by atoms with Crippen LogP contribution in [0.5, 0.6) is 0 Å². The van der Waals surface area contributed by atoms with Crippen molar-refractivity contribution in [2.45, 2.75) is 5.92 Å². The second-order valence-corrected chi connectivity index (χ2v) is 6.68. The normalized spacial score (nSPS) is 11.9. The lowest BCUT2D eigenvalue weighted by molar-refractivity contribution is -0.159. The SMILES string of the molecule is COC(=O)C(C(=O)OC)C(c1ccc(F)cc1)c1n[nH]cc1-c1ccc(Cl)cc1. The van der Waals surface area contributed by atoms with Gasteiger partial charge in [-0.25, -0.2) is 4.39 Å². The number of nitrogens with zero attached hydrogens (tertiary/aromatic N) is 1. The lowest BCUT2D eigenvalue weighted by Gasteiger charge is -2.23. The van der Waals surface area contributed by atoms with Crippen molar-refractivity contribution in [1.82, 2.24) is 10.2 Å². The van der Waals surface area contributed by atoms with E-state index in [0.717, 1.165) is 5.56 Å². The van der Waals surface area contributed by atoms with Crippen LogP contribution < -0.4 is 0 Å². The Morgan fingerprint density at radius 3 is 2.14 bits per heavy atom. The van der Waals surface area contributed by atoms with Crippen LogP contribution in [0.2, 0.25) is 5.02 Å². The number of benzene rings is 2. The summed E-state index contributed by atoms with van der Waals surface area (Å²) in [6, 6.07) is 12.5. The maximum absolute atomic E-state index is 13.5. The van der Waals surface area contributed by atoms with Crippen molar-refractivity contribution in [3.63, 3.8) is 0 Å². The van der Waals surface area contributed by atoms with Gasteiger partial charge in [0.05, 0.1) is 25.8 Å². The summed E-state index contributed by atoms with van der Waals surface area (Å²) in [6.45, 7) is 0. The van der Waals surface area contributed by atoms with Crippen LogP contribution in [0.4, 0.5) is 4.39 Å². The van der Waals surface area contributed by atoms with Crippen molar-refractivity contribution in [1.29, 1.82) is 0 Å². The van der Waals surface area contributed by atoms with Gasteiger partial charge in [0, 0.05) is 16.8 Å². The third-order valence-corrected chi connectivity index (χ3v) is 4.84. The van der Waals surface area contributed by atoms with Crippen molar-refractivity contribution < 1.29 is 23.5 Å². The predicted molar refractivity (Wildman–Crippen MR) is 105 cm³/mol. The van der Waals surface area contributed by atoms with Gasteiger partial charge in [-0.2, -0.15) is 5.10 Å². The van der Waals surface area contributed by atoms with Crippen LogP contribution in [0.3, 0.4) is 0 Å². The van der Waals surface area contributed by atoms with Crippen LogP contribution in [0.25, 0.3) is 11.1 Å². The van der Waals surface area contributed by atoms with Crippen molar-refractivity contribution in [2.24, 2.45) is 5.92 Å². The first-order valence-electron chi connectivity index (χ1n) is 8.67. The van der Waals surface area contributed by atoms with E-state index < -0.39 is 29.6 Å². The summed E-state index contributed by atoms with van der Waals surface area (Å²) >= 11 is 5.98. The lowest BCUT2D eigenvalue weighted by atomic mass is 9.81. The number of hydrogen-bond acceptors (Lipinski definition) is 5. The molecule has 0 amide bonds. The number of aromatic amines is 1. The quantitative estimate of drug-likeness (QED) is 0.486. The first-order chi connectivity index (χ1) is 14.0. The first kappa shape index (κ1) is 20.5. The molecule has 0 saturated heterocycles. The summed E-state index contributed by atoms with van der Waals surface area (Å²) in [7, 11) is 2.37. The minimum atomic E-state index is -1.33. The molecule has 150 valence electrons. The zero-order chi connectivity index (χ0) is 21.0. The van der Waals surface area contributed by atoms with Crippen LogP contribution in [-0.4, -0.2) is 36.4 Å². The topological polar surface area (TPSA) is 81.3 Å². The Morgan fingerprint density at radius 2 is 1.59 bits per heavy atom. The highest BCUT2D eigenvalue weighted by molar-refractivity contribution is 6.30. The number of ether oxygens (including phenoxy) is 2. The molecule has 29 heavy (non-hydrogen) atoms. The van der Waals surface area contributed by atoms with Crippen LogP contribution >= 0.6 is 11.6 Å². The van der Waals surface area contributed by atoms with E-state index in [0.29, 0.717) is 21.8 Å². The van der Waals surface area contributed by atoms with Gasteiger partial charge in [0.1, 0.15) is 5.82 Å². The number of methoxy groups -OCH3 is 2. The summed E-state index contributed by atoms with van der Waals surface area (Å²) < 4.78 is 23.2. The van der Waals surface area contributed by atoms with E-state index in [9.17, 15) is 14.0 Å². The van der Waals surface area contributed by atoms with Gasteiger partial charge in [0.25, 0.3) is 0 Å². The second kappa shape index (κ2) is 8.87. The van der Waals surface area contributed by atoms with E-state index in [4.69, 9.17) is 21.1 Å². The Bertz CT molecular complexity index is 986. The second-order valence-electron chi connectivity index (χ2n) is 6.24. The van der Waals surface area contributed by atoms with E-state index in [1.807, 2.05) is 0 Å². The number of H-pyrrole nitrogens is 1. The van der Waals surface area contributed by atoms with Crippen molar-refractivity contribution >= 4 is 23.5 Å².